The van der Waals surface area contributed by atoms with E-state index in [0.29, 0.717) is 18.6 Å². The van der Waals surface area contributed by atoms with Gasteiger partial charge in [0.15, 0.2) is 6.10 Å². The molecule has 9 heteroatoms. The Kier molecular flexibility index (Phi) is 7.19. The molecule has 1 aromatic carbocycles. The third kappa shape index (κ3) is 5.04. The van der Waals surface area contributed by atoms with Gasteiger partial charge in [0.1, 0.15) is 17.8 Å². The van der Waals surface area contributed by atoms with Crippen molar-refractivity contribution in [1.82, 2.24) is 15.5 Å². The summed E-state index contributed by atoms with van der Waals surface area (Å²) >= 11 is 0. The van der Waals surface area contributed by atoms with Crippen molar-refractivity contribution < 1.29 is 28.7 Å². The molecule has 9 nitrogen and oxygen atoms in total. The molecular weight excluding hydrogens is 378 g/mol. The maximum Gasteiger partial charge on any atom is 0.327 e. The molecule has 0 bridgehead atoms. The van der Waals surface area contributed by atoms with E-state index in [1.807, 2.05) is 0 Å². The zero-order valence-corrected chi connectivity index (χ0v) is 17.1. The monoisotopic (exact) mass is 405 g/mol. The predicted molar refractivity (Wildman–Crippen MR) is 104 cm³/mol. The molecule has 1 atom stereocenters. The van der Waals surface area contributed by atoms with Gasteiger partial charge in [0, 0.05) is 6.54 Å². The van der Waals surface area contributed by atoms with Crippen LogP contribution in [0.15, 0.2) is 24.3 Å². The van der Waals surface area contributed by atoms with Gasteiger partial charge >= 0.3 is 12.0 Å². The summed E-state index contributed by atoms with van der Waals surface area (Å²) in [7, 11) is 1.57. The lowest BCUT2D eigenvalue weighted by atomic mass is 9.93. The first-order valence-corrected chi connectivity index (χ1v) is 9.50. The quantitative estimate of drug-likeness (QED) is 0.474. The topological polar surface area (TPSA) is 114 Å². The number of nitrogens with one attached hydrogen (secondary N) is 2. The highest BCUT2D eigenvalue weighted by Crippen LogP contribution is 2.24. The largest absolute Gasteiger partial charge is 0.497 e. The normalized spacial score (nSPS) is 16.2. The Labute approximate surface area is 169 Å². The maximum atomic E-state index is 12.5. The van der Waals surface area contributed by atoms with Crippen LogP contribution in [0, 0.1) is 0 Å². The van der Waals surface area contributed by atoms with E-state index < -0.39 is 42.0 Å². The number of ether oxygens (including phenoxy) is 2. The molecule has 1 fully saturated rings. The second kappa shape index (κ2) is 9.40. The fraction of sp³-hybridized carbons (Fsp3) is 0.500. The molecule has 2 N–H and O–H groups in total. The van der Waals surface area contributed by atoms with Crippen LogP contribution in [0.25, 0.3) is 0 Å². The van der Waals surface area contributed by atoms with Crippen LogP contribution in [0.5, 0.6) is 5.75 Å². The van der Waals surface area contributed by atoms with E-state index in [1.54, 1.807) is 45.2 Å². The van der Waals surface area contributed by atoms with Gasteiger partial charge in [0.2, 0.25) is 0 Å². The van der Waals surface area contributed by atoms with Crippen molar-refractivity contribution in [1.29, 1.82) is 0 Å². The van der Waals surface area contributed by atoms with E-state index in [-0.39, 0.29) is 6.54 Å². The molecule has 0 unspecified atom stereocenters. The number of nitrogens with zero attached hydrogens (tertiary/aromatic N) is 1. The van der Waals surface area contributed by atoms with Gasteiger partial charge in [-0.15, -0.1) is 0 Å². The molecule has 1 saturated heterocycles. The molecule has 4 amide bonds. The highest BCUT2D eigenvalue weighted by Gasteiger charge is 2.49. The molecular formula is C20H27N3O6. The van der Waals surface area contributed by atoms with E-state index in [9.17, 15) is 19.2 Å². The molecule has 0 saturated carbocycles. The van der Waals surface area contributed by atoms with E-state index in [1.165, 1.54) is 6.92 Å². The van der Waals surface area contributed by atoms with Crippen LogP contribution in [0.3, 0.4) is 0 Å². The van der Waals surface area contributed by atoms with Gasteiger partial charge in [-0.05, 0) is 37.5 Å². The van der Waals surface area contributed by atoms with E-state index in [2.05, 4.69) is 10.6 Å². The Morgan fingerprint density at radius 3 is 2.31 bits per heavy atom. The van der Waals surface area contributed by atoms with Crippen LogP contribution >= 0.6 is 0 Å². The number of hydrogen-bond acceptors (Lipinski definition) is 6. The average Bonchev–Trinajstić information content (AvgIpc) is 2.96. The first-order valence-electron chi connectivity index (χ1n) is 9.50. The minimum atomic E-state index is -1.07. The number of amides is 4. The molecule has 158 valence electrons. The summed E-state index contributed by atoms with van der Waals surface area (Å²) in [6.07, 6.45) is -0.225. The van der Waals surface area contributed by atoms with Crippen molar-refractivity contribution in [2.24, 2.45) is 0 Å². The Balaban J connectivity index is 1.85. The summed E-state index contributed by atoms with van der Waals surface area (Å²) in [5, 5.41) is 5.30. The van der Waals surface area contributed by atoms with Crippen molar-refractivity contribution in [2.75, 3.05) is 13.7 Å². The predicted octanol–water partition coefficient (Wildman–Crippen LogP) is 1.35. The van der Waals surface area contributed by atoms with Crippen molar-refractivity contribution in [3.05, 3.63) is 29.8 Å². The van der Waals surface area contributed by atoms with E-state index >= 15 is 0 Å². The van der Waals surface area contributed by atoms with Crippen molar-refractivity contribution in [2.45, 2.75) is 51.8 Å². The molecule has 1 aliphatic rings. The smallest absolute Gasteiger partial charge is 0.327 e. The van der Waals surface area contributed by atoms with Crippen LogP contribution in [-0.4, -0.2) is 54.0 Å². The van der Waals surface area contributed by atoms with Crippen molar-refractivity contribution in [3.8, 4) is 5.75 Å². The fourth-order valence-corrected chi connectivity index (χ4v) is 3.04. The maximum absolute atomic E-state index is 12.5. The number of esters is 1. The van der Waals surface area contributed by atoms with Crippen molar-refractivity contribution in [3.63, 3.8) is 0 Å². The SMILES string of the molecule is CCC1(CC)NC(=O)N(CC(=O)O[C@H](C)C(=O)NCc2ccc(OC)cc2)C1=O. The summed E-state index contributed by atoms with van der Waals surface area (Å²) in [6.45, 7) is 4.72. The lowest BCUT2D eigenvalue weighted by molar-refractivity contribution is -0.156. The number of carbonyl (C=O) groups excluding carboxylic acids is 4. The Hall–Kier alpha value is -3.10. The number of urea groups is 1. The Morgan fingerprint density at radius 1 is 1.17 bits per heavy atom. The van der Waals surface area contributed by atoms with Gasteiger partial charge in [0.25, 0.3) is 11.8 Å². The van der Waals surface area contributed by atoms with Gasteiger partial charge in [-0.2, -0.15) is 0 Å². The van der Waals surface area contributed by atoms with Crippen LogP contribution in [0.2, 0.25) is 0 Å². The zero-order valence-electron chi connectivity index (χ0n) is 17.1. The standard InChI is InChI=1S/C20H27N3O6/c1-5-20(6-2)18(26)23(19(27)22-20)12-16(24)29-13(3)17(25)21-11-14-7-9-15(28-4)10-8-14/h7-10,13H,5-6,11-12H2,1-4H3,(H,21,25)(H,22,27)/t13-/m1/s1. The number of methoxy groups -OCH3 is 1. The van der Waals surface area contributed by atoms with Crippen LogP contribution in [0.1, 0.15) is 39.2 Å². The number of carbonyl (C=O) groups is 4. The summed E-state index contributed by atoms with van der Waals surface area (Å²) < 4.78 is 10.2. The van der Waals surface area contributed by atoms with Crippen LogP contribution in [-0.2, 0) is 25.7 Å². The molecule has 29 heavy (non-hydrogen) atoms. The van der Waals surface area contributed by atoms with E-state index in [4.69, 9.17) is 9.47 Å². The van der Waals surface area contributed by atoms with Gasteiger partial charge < -0.3 is 20.1 Å². The fourth-order valence-electron chi connectivity index (χ4n) is 3.04. The summed E-state index contributed by atoms with van der Waals surface area (Å²) in [5.41, 5.74) is -0.133. The number of imide groups is 1. The summed E-state index contributed by atoms with van der Waals surface area (Å²) in [6, 6.07) is 6.53. The molecule has 0 aromatic heterocycles. The highest BCUT2D eigenvalue weighted by atomic mass is 16.5. The van der Waals surface area contributed by atoms with Crippen LogP contribution in [0.4, 0.5) is 4.79 Å². The molecule has 1 heterocycles. The summed E-state index contributed by atoms with van der Waals surface area (Å²) in [5.74, 6) is -1.06. The Bertz CT molecular complexity index is 773. The van der Waals surface area contributed by atoms with E-state index in [0.717, 1.165) is 10.5 Å². The first kappa shape index (κ1) is 22.2. The second-order valence-electron chi connectivity index (χ2n) is 6.81. The molecule has 0 spiro atoms. The van der Waals surface area contributed by atoms with Gasteiger partial charge in [-0.1, -0.05) is 26.0 Å². The molecule has 2 rings (SSSR count). The highest BCUT2D eigenvalue weighted by molar-refractivity contribution is 6.08. The zero-order chi connectivity index (χ0) is 21.6. The lowest BCUT2D eigenvalue weighted by Gasteiger charge is -2.23. The Morgan fingerprint density at radius 2 is 1.79 bits per heavy atom. The van der Waals surface area contributed by atoms with Crippen molar-refractivity contribution >= 4 is 23.8 Å². The molecule has 1 aliphatic heterocycles. The van der Waals surface area contributed by atoms with Crippen LogP contribution < -0.4 is 15.4 Å². The van der Waals surface area contributed by atoms with Gasteiger partial charge in [-0.25, -0.2) is 4.79 Å². The minimum Gasteiger partial charge on any atom is -0.497 e. The second-order valence-corrected chi connectivity index (χ2v) is 6.81. The molecule has 0 radical (unpaired) electrons. The average molecular weight is 405 g/mol. The molecule has 0 aliphatic carbocycles. The third-order valence-electron chi connectivity index (χ3n) is 5.04. The lowest BCUT2D eigenvalue weighted by Crippen LogP contribution is -2.46. The number of rotatable bonds is 9. The summed E-state index contributed by atoms with van der Waals surface area (Å²) in [4.78, 5) is 49.7. The molecule has 1 aromatic rings. The van der Waals surface area contributed by atoms with Gasteiger partial charge in [0.05, 0.1) is 7.11 Å². The number of benzene rings is 1. The first-order chi connectivity index (χ1) is 13.8. The van der Waals surface area contributed by atoms with Gasteiger partial charge in [-0.3, -0.25) is 19.3 Å². The third-order valence-corrected chi connectivity index (χ3v) is 5.04. The number of hydrogen-bond donors (Lipinski definition) is 2. The minimum absolute atomic E-state index is 0.257.